The first-order valence-electron chi connectivity index (χ1n) is 9.14. The van der Waals surface area contributed by atoms with Gasteiger partial charge < -0.3 is 14.9 Å². The van der Waals surface area contributed by atoms with Gasteiger partial charge in [0.2, 0.25) is 0 Å². The number of pyridine rings is 1. The van der Waals surface area contributed by atoms with E-state index in [2.05, 4.69) is 10.3 Å². The predicted molar refractivity (Wildman–Crippen MR) is 107 cm³/mol. The van der Waals surface area contributed by atoms with Gasteiger partial charge in [-0.25, -0.2) is 4.39 Å². The number of nitrogens with zero attached hydrogens (tertiary/aromatic N) is 1. The molecule has 0 aliphatic rings. The van der Waals surface area contributed by atoms with Crippen molar-refractivity contribution < 1.29 is 9.18 Å². The van der Waals surface area contributed by atoms with Crippen molar-refractivity contribution in [2.75, 3.05) is 0 Å². The lowest BCUT2D eigenvalue weighted by Crippen LogP contribution is -2.28. The molecule has 6 heteroatoms. The molecule has 0 spiro atoms. The lowest BCUT2D eigenvalue weighted by molar-refractivity contribution is 0.0949. The summed E-state index contributed by atoms with van der Waals surface area (Å²) >= 11 is 0. The number of carbonyl (C=O) groups excluding carboxylic acids is 1. The molecule has 1 aromatic carbocycles. The van der Waals surface area contributed by atoms with Gasteiger partial charge in [-0.2, -0.15) is 0 Å². The van der Waals surface area contributed by atoms with E-state index in [0.717, 1.165) is 28.1 Å². The molecule has 0 saturated carbocycles. The van der Waals surface area contributed by atoms with Crippen molar-refractivity contribution in [3.8, 4) is 0 Å². The van der Waals surface area contributed by atoms with Gasteiger partial charge in [-0.15, -0.1) is 0 Å². The maximum absolute atomic E-state index is 13.1. The van der Waals surface area contributed by atoms with E-state index in [1.165, 1.54) is 12.1 Å². The van der Waals surface area contributed by atoms with Crippen LogP contribution in [-0.4, -0.2) is 15.5 Å². The Morgan fingerprint density at radius 3 is 2.43 bits per heavy atom. The first kappa shape index (κ1) is 19.6. The van der Waals surface area contributed by atoms with Gasteiger partial charge >= 0.3 is 0 Å². The van der Waals surface area contributed by atoms with E-state index in [0.29, 0.717) is 17.7 Å². The highest BCUT2D eigenvalue weighted by molar-refractivity contribution is 5.96. The number of aromatic amines is 1. The zero-order valence-corrected chi connectivity index (χ0v) is 16.5. The van der Waals surface area contributed by atoms with Crippen LogP contribution in [0.15, 0.2) is 41.3 Å². The third kappa shape index (κ3) is 4.06. The summed E-state index contributed by atoms with van der Waals surface area (Å²) in [6, 6.07) is 8.21. The molecule has 146 valence electrons. The van der Waals surface area contributed by atoms with Crippen LogP contribution in [-0.2, 0) is 13.1 Å². The maximum atomic E-state index is 13.1. The van der Waals surface area contributed by atoms with E-state index in [9.17, 15) is 14.0 Å². The van der Waals surface area contributed by atoms with Crippen LogP contribution < -0.4 is 10.9 Å². The highest BCUT2D eigenvalue weighted by atomic mass is 19.1. The molecule has 2 aromatic heterocycles. The molecule has 1 amide bonds. The van der Waals surface area contributed by atoms with Crippen LogP contribution in [0, 0.1) is 33.5 Å². The van der Waals surface area contributed by atoms with Gasteiger partial charge in [0.1, 0.15) is 5.82 Å². The lowest BCUT2D eigenvalue weighted by Gasteiger charge is -2.10. The van der Waals surface area contributed by atoms with Crippen LogP contribution in [0.3, 0.4) is 0 Å². The second kappa shape index (κ2) is 7.84. The van der Waals surface area contributed by atoms with Crippen LogP contribution >= 0.6 is 0 Å². The molecule has 3 aromatic rings. The van der Waals surface area contributed by atoms with Crippen molar-refractivity contribution >= 4 is 5.91 Å². The fourth-order valence-electron chi connectivity index (χ4n) is 3.48. The van der Waals surface area contributed by atoms with Crippen LogP contribution in [0.2, 0.25) is 0 Å². The fourth-order valence-corrected chi connectivity index (χ4v) is 3.48. The number of halogens is 1. The second-order valence-corrected chi connectivity index (χ2v) is 7.15. The molecule has 0 aliphatic heterocycles. The number of aromatic nitrogens is 2. The molecule has 0 atom stereocenters. The highest BCUT2D eigenvalue weighted by Gasteiger charge is 2.18. The van der Waals surface area contributed by atoms with Crippen molar-refractivity contribution in [1.29, 1.82) is 0 Å². The summed E-state index contributed by atoms with van der Waals surface area (Å²) in [4.78, 5) is 27.7. The Morgan fingerprint density at radius 1 is 1.11 bits per heavy atom. The van der Waals surface area contributed by atoms with Gasteiger partial charge in [-0.3, -0.25) is 9.59 Å². The molecule has 0 aliphatic carbocycles. The van der Waals surface area contributed by atoms with Gasteiger partial charge in [-0.05, 0) is 62.6 Å². The summed E-state index contributed by atoms with van der Waals surface area (Å²) in [5.74, 6) is -0.488. The van der Waals surface area contributed by atoms with Gasteiger partial charge in [0.25, 0.3) is 11.5 Å². The SMILES string of the molecule is Cc1cc(C)c(CNC(=O)c2c(C)cn(Cc3ccc(F)cc3)c2C)c(=O)[nH]1. The molecular formula is C22H24FN3O2. The van der Waals surface area contributed by atoms with E-state index in [1.54, 1.807) is 12.1 Å². The molecule has 0 radical (unpaired) electrons. The van der Waals surface area contributed by atoms with Gasteiger partial charge in [0.15, 0.2) is 0 Å². The maximum Gasteiger partial charge on any atom is 0.253 e. The molecule has 0 saturated heterocycles. The average molecular weight is 381 g/mol. The van der Waals surface area contributed by atoms with E-state index in [4.69, 9.17) is 0 Å². The Morgan fingerprint density at radius 2 is 1.79 bits per heavy atom. The van der Waals surface area contributed by atoms with E-state index >= 15 is 0 Å². The molecule has 0 bridgehead atoms. The Hall–Kier alpha value is -3.15. The third-order valence-electron chi connectivity index (χ3n) is 4.95. The first-order chi connectivity index (χ1) is 13.3. The Labute approximate surface area is 163 Å². The van der Waals surface area contributed by atoms with E-state index in [-0.39, 0.29) is 23.8 Å². The quantitative estimate of drug-likeness (QED) is 0.710. The number of hydrogen-bond acceptors (Lipinski definition) is 2. The minimum atomic E-state index is -0.273. The van der Waals surface area contributed by atoms with Crippen molar-refractivity contribution in [1.82, 2.24) is 14.9 Å². The summed E-state index contributed by atoms with van der Waals surface area (Å²) in [6.45, 7) is 8.17. The monoisotopic (exact) mass is 381 g/mol. The summed E-state index contributed by atoms with van der Waals surface area (Å²) in [7, 11) is 0. The molecule has 2 N–H and O–H groups in total. The lowest BCUT2D eigenvalue weighted by atomic mass is 10.1. The molecule has 5 nitrogen and oxygen atoms in total. The standard InChI is InChI=1S/C22H24FN3O2/c1-13-9-15(3)25-21(27)19(13)10-24-22(28)20-14(2)11-26(16(20)4)12-17-5-7-18(23)8-6-17/h5-9,11H,10,12H2,1-4H3,(H,24,28)(H,25,27). The number of amides is 1. The van der Waals surface area contributed by atoms with Crippen LogP contribution in [0.25, 0.3) is 0 Å². The summed E-state index contributed by atoms with van der Waals surface area (Å²) in [5, 5.41) is 2.86. The number of carbonyl (C=O) groups is 1. The van der Waals surface area contributed by atoms with Crippen molar-refractivity contribution in [3.63, 3.8) is 0 Å². The van der Waals surface area contributed by atoms with E-state index < -0.39 is 0 Å². The summed E-state index contributed by atoms with van der Waals surface area (Å²) in [5.41, 5.74) is 5.25. The van der Waals surface area contributed by atoms with Crippen LogP contribution in [0.4, 0.5) is 4.39 Å². The highest BCUT2D eigenvalue weighted by Crippen LogP contribution is 2.18. The number of hydrogen-bond donors (Lipinski definition) is 2. The normalized spacial score (nSPS) is 10.9. The minimum Gasteiger partial charge on any atom is -0.348 e. The number of benzene rings is 1. The van der Waals surface area contributed by atoms with Gasteiger partial charge in [-0.1, -0.05) is 12.1 Å². The number of H-pyrrole nitrogens is 1. The predicted octanol–water partition coefficient (Wildman–Crippen LogP) is 3.53. The average Bonchev–Trinajstić information content (AvgIpc) is 2.89. The zero-order valence-electron chi connectivity index (χ0n) is 16.5. The minimum absolute atomic E-state index is 0.169. The van der Waals surface area contributed by atoms with Crippen LogP contribution in [0.5, 0.6) is 0 Å². The molecule has 0 unspecified atom stereocenters. The van der Waals surface area contributed by atoms with E-state index in [1.807, 2.05) is 44.5 Å². The molecule has 28 heavy (non-hydrogen) atoms. The Bertz CT molecular complexity index is 1080. The number of aryl methyl sites for hydroxylation is 3. The summed E-state index contributed by atoms with van der Waals surface area (Å²) < 4.78 is 15.1. The molecular weight excluding hydrogens is 357 g/mol. The number of nitrogens with one attached hydrogen (secondary N) is 2. The first-order valence-corrected chi connectivity index (χ1v) is 9.14. The van der Waals surface area contributed by atoms with Crippen molar-refractivity contribution in [3.05, 3.63) is 91.9 Å². The fraction of sp³-hybridized carbons (Fsp3) is 0.273. The smallest absolute Gasteiger partial charge is 0.253 e. The third-order valence-corrected chi connectivity index (χ3v) is 4.95. The Balaban J connectivity index is 1.78. The molecule has 2 heterocycles. The van der Waals surface area contributed by atoms with Crippen LogP contribution in [0.1, 0.15) is 44.0 Å². The largest absolute Gasteiger partial charge is 0.348 e. The molecule has 3 rings (SSSR count). The van der Waals surface area contributed by atoms with Crippen molar-refractivity contribution in [2.45, 2.75) is 40.8 Å². The Kier molecular flexibility index (Phi) is 5.49. The van der Waals surface area contributed by atoms with Crippen molar-refractivity contribution in [2.24, 2.45) is 0 Å². The zero-order chi connectivity index (χ0) is 20.4. The van der Waals surface area contributed by atoms with Gasteiger partial charge in [0.05, 0.1) is 5.56 Å². The van der Waals surface area contributed by atoms with Gasteiger partial charge in [0, 0.05) is 36.2 Å². The topological polar surface area (TPSA) is 66.9 Å². The second-order valence-electron chi connectivity index (χ2n) is 7.15. The number of rotatable bonds is 5. The molecule has 0 fully saturated rings. The summed E-state index contributed by atoms with van der Waals surface area (Å²) in [6.07, 6.45) is 1.91.